The van der Waals surface area contributed by atoms with Crippen LogP contribution in [-0.2, 0) is 22.6 Å². The molecule has 0 aliphatic carbocycles. The van der Waals surface area contributed by atoms with Crippen molar-refractivity contribution in [2.45, 2.75) is 13.0 Å². The molecule has 1 amide bonds. The van der Waals surface area contributed by atoms with Crippen molar-refractivity contribution in [1.82, 2.24) is 0 Å². The Morgan fingerprint density at radius 3 is 2.04 bits per heavy atom. The van der Waals surface area contributed by atoms with Crippen molar-refractivity contribution in [3.63, 3.8) is 0 Å². The molecule has 8 heteroatoms. The van der Waals surface area contributed by atoms with Gasteiger partial charge in [-0.3, -0.25) is 4.79 Å². The number of carbonyl (C=O) groups is 2. The third kappa shape index (κ3) is 5.14. The molecule has 0 bridgehead atoms. The summed E-state index contributed by atoms with van der Waals surface area (Å²) in [4.78, 5) is 23.8. The number of anilines is 1. The Balaban J connectivity index is 2.23. The van der Waals surface area contributed by atoms with Crippen LogP contribution >= 0.6 is 0 Å². The van der Waals surface area contributed by atoms with Crippen molar-refractivity contribution < 1.29 is 33.6 Å². The van der Waals surface area contributed by atoms with Crippen LogP contribution in [0.4, 0.5) is 5.69 Å². The fraction of sp³-hybridized carbons (Fsp3) is 0.300. The number of aromatic carboxylic acids is 1. The molecule has 0 aliphatic heterocycles. The zero-order chi connectivity index (χ0) is 20.7. The third-order valence-corrected chi connectivity index (χ3v) is 3.92. The van der Waals surface area contributed by atoms with E-state index in [4.69, 9.17) is 18.9 Å². The van der Waals surface area contributed by atoms with Gasteiger partial charge >= 0.3 is 5.97 Å². The summed E-state index contributed by atoms with van der Waals surface area (Å²) >= 11 is 0. The van der Waals surface area contributed by atoms with Crippen LogP contribution < -0.4 is 19.5 Å². The highest BCUT2D eigenvalue weighted by Crippen LogP contribution is 2.38. The molecule has 2 rings (SSSR count). The first-order valence-corrected chi connectivity index (χ1v) is 8.36. The number of ether oxygens (including phenoxy) is 4. The number of amides is 1. The quantitative estimate of drug-likeness (QED) is 0.680. The summed E-state index contributed by atoms with van der Waals surface area (Å²) in [5, 5.41) is 12.0. The molecule has 0 aliphatic rings. The van der Waals surface area contributed by atoms with Gasteiger partial charge in [0.15, 0.2) is 11.5 Å². The van der Waals surface area contributed by atoms with Gasteiger partial charge in [0.25, 0.3) is 0 Å². The minimum atomic E-state index is -1.09. The van der Waals surface area contributed by atoms with Crippen LogP contribution in [0.2, 0.25) is 0 Å². The van der Waals surface area contributed by atoms with Crippen LogP contribution in [0, 0.1) is 0 Å². The number of methoxy groups -OCH3 is 4. The van der Waals surface area contributed by atoms with E-state index in [2.05, 4.69) is 5.32 Å². The first kappa shape index (κ1) is 21.0. The molecule has 0 saturated heterocycles. The van der Waals surface area contributed by atoms with E-state index >= 15 is 0 Å². The van der Waals surface area contributed by atoms with Gasteiger partial charge in [-0.1, -0.05) is 0 Å². The smallest absolute Gasteiger partial charge is 0.335 e. The van der Waals surface area contributed by atoms with E-state index in [1.807, 2.05) is 0 Å². The lowest BCUT2D eigenvalue weighted by molar-refractivity contribution is -0.115. The molecule has 0 atom stereocenters. The Labute approximate surface area is 163 Å². The maximum Gasteiger partial charge on any atom is 0.335 e. The number of carboxylic acid groups (broad SMARTS) is 1. The van der Waals surface area contributed by atoms with Gasteiger partial charge in [-0.05, 0) is 41.5 Å². The van der Waals surface area contributed by atoms with Crippen LogP contribution in [-0.4, -0.2) is 45.4 Å². The van der Waals surface area contributed by atoms with E-state index < -0.39 is 5.97 Å². The van der Waals surface area contributed by atoms with Gasteiger partial charge in [0.1, 0.15) is 0 Å². The molecule has 0 heterocycles. The number of nitrogens with one attached hydrogen (secondary N) is 1. The van der Waals surface area contributed by atoms with Crippen LogP contribution in [0.25, 0.3) is 0 Å². The van der Waals surface area contributed by atoms with E-state index in [0.29, 0.717) is 34.1 Å². The lowest BCUT2D eigenvalue weighted by Crippen LogP contribution is -2.15. The Bertz CT molecular complexity index is 839. The van der Waals surface area contributed by atoms with Crippen LogP contribution in [0.3, 0.4) is 0 Å². The average Bonchev–Trinajstić information content (AvgIpc) is 2.66. The number of rotatable bonds is 9. The number of carboxylic acids is 1. The zero-order valence-corrected chi connectivity index (χ0v) is 16.2. The Kier molecular flexibility index (Phi) is 7.22. The number of hydrogen-bond acceptors (Lipinski definition) is 6. The molecular formula is C20H23NO7. The fourth-order valence-electron chi connectivity index (χ4n) is 2.77. The monoisotopic (exact) mass is 389 g/mol. The molecule has 2 N–H and O–H groups in total. The predicted octanol–water partition coefficient (Wildman–Crippen LogP) is 2.74. The Morgan fingerprint density at radius 2 is 1.54 bits per heavy atom. The number of hydrogen-bond donors (Lipinski definition) is 2. The van der Waals surface area contributed by atoms with Crippen molar-refractivity contribution in [2.75, 3.05) is 33.8 Å². The van der Waals surface area contributed by atoms with Crippen molar-refractivity contribution in [1.29, 1.82) is 0 Å². The fourth-order valence-corrected chi connectivity index (χ4v) is 2.77. The summed E-state index contributed by atoms with van der Waals surface area (Å²) in [5.41, 5.74) is 1.74. The second kappa shape index (κ2) is 9.61. The topological polar surface area (TPSA) is 103 Å². The summed E-state index contributed by atoms with van der Waals surface area (Å²) in [6.07, 6.45) is 0.0353. The first-order chi connectivity index (χ1) is 13.4. The molecule has 0 aromatic heterocycles. The molecule has 0 radical (unpaired) electrons. The number of benzene rings is 2. The van der Waals surface area contributed by atoms with Crippen LogP contribution in [0.5, 0.6) is 17.2 Å². The van der Waals surface area contributed by atoms with Gasteiger partial charge in [0.2, 0.25) is 11.7 Å². The molecule has 28 heavy (non-hydrogen) atoms. The normalized spacial score (nSPS) is 10.3. The standard InChI is InChI=1S/C20H23NO7/c1-25-11-13-5-14(20(23)24)10-15(6-13)21-18(22)9-12-7-16(26-2)19(28-4)17(8-12)27-3/h5-8,10H,9,11H2,1-4H3,(H,21,22)(H,23,24). The van der Waals surface area contributed by atoms with Gasteiger partial charge in [-0.15, -0.1) is 0 Å². The molecule has 0 fully saturated rings. The third-order valence-electron chi connectivity index (χ3n) is 3.92. The molecule has 0 spiro atoms. The van der Waals surface area contributed by atoms with Gasteiger partial charge in [-0.2, -0.15) is 0 Å². The second-order valence-electron chi connectivity index (χ2n) is 5.92. The predicted molar refractivity (Wildman–Crippen MR) is 103 cm³/mol. The lowest BCUT2D eigenvalue weighted by atomic mass is 10.1. The average molecular weight is 389 g/mol. The Hall–Kier alpha value is -3.26. The summed E-state index contributed by atoms with van der Waals surface area (Å²) < 4.78 is 20.9. The highest BCUT2D eigenvalue weighted by molar-refractivity contribution is 5.95. The van der Waals surface area contributed by atoms with Crippen molar-refractivity contribution >= 4 is 17.6 Å². The van der Waals surface area contributed by atoms with E-state index in [9.17, 15) is 14.7 Å². The molecule has 8 nitrogen and oxygen atoms in total. The highest BCUT2D eigenvalue weighted by Gasteiger charge is 2.16. The van der Waals surface area contributed by atoms with Gasteiger partial charge in [-0.25, -0.2) is 4.79 Å². The minimum absolute atomic E-state index is 0.0353. The largest absolute Gasteiger partial charge is 0.493 e. The molecule has 2 aromatic carbocycles. The first-order valence-electron chi connectivity index (χ1n) is 8.36. The van der Waals surface area contributed by atoms with E-state index in [1.54, 1.807) is 18.2 Å². The molecule has 0 saturated carbocycles. The molecule has 0 unspecified atom stereocenters. The van der Waals surface area contributed by atoms with Gasteiger partial charge in [0.05, 0.1) is 39.9 Å². The second-order valence-corrected chi connectivity index (χ2v) is 5.92. The summed E-state index contributed by atoms with van der Waals surface area (Å²) in [6.45, 7) is 0.233. The number of carbonyl (C=O) groups excluding carboxylic acids is 1. The van der Waals surface area contributed by atoms with Crippen molar-refractivity contribution in [3.05, 3.63) is 47.0 Å². The highest BCUT2D eigenvalue weighted by atomic mass is 16.5. The zero-order valence-electron chi connectivity index (χ0n) is 16.2. The summed E-state index contributed by atoms with van der Waals surface area (Å²) in [5.74, 6) is -0.0782. The lowest BCUT2D eigenvalue weighted by Gasteiger charge is -2.14. The van der Waals surface area contributed by atoms with Crippen LogP contribution in [0.1, 0.15) is 21.5 Å². The molecule has 150 valence electrons. The van der Waals surface area contributed by atoms with Gasteiger partial charge < -0.3 is 29.4 Å². The van der Waals surface area contributed by atoms with Gasteiger partial charge in [0, 0.05) is 12.8 Å². The SMILES string of the molecule is COCc1cc(NC(=O)Cc2cc(OC)c(OC)c(OC)c2)cc(C(=O)O)c1. The van der Waals surface area contributed by atoms with E-state index in [1.165, 1.54) is 40.6 Å². The maximum atomic E-state index is 12.5. The summed E-state index contributed by atoms with van der Waals surface area (Å²) in [6, 6.07) is 7.94. The summed E-state index contributed by atoms with van der Waals surface area (Å²) in [7, 11) is 6.00. The van der Waals surface area contributed by atoms with Crippen LogP contribution in [0.15, 0.2) is 30.3 Å². The Morgan fingerprint density at radius 1 is 0.893 bits per heavy atom. The maximum absolute atomic E-state index is 12.5. The minimum Gasteiger partial charge on any atom is -0.493 e. The van der Waals surface area contributed by atoms with Crippen molar-refractivity contribution in [2.24, 2.45) is 0 Å². The van der Waals surface area contributed by atoms with E-state index in [-0.39, 0.29) is 24.5 Å². The molecule has 2 aromatic rings. The van der Waals surface area contributed by atoms with E-state index in [0.717, 1.165) is 0 Å². The molecular weight excluding hydrogens is 366 g/mol. The van der Waals surface area contributed by atoms with Crippen molar-refractivity contribution in [3.8, 4) is 17.2 Å².